The Morgan fingerprint density at radius 3 is 2.64 bits per heavy atom. The summed E-state index contributed by atoms with van der Waals surface area (Å²) < 4.78 is 43.7. The molecule has 120 valence electrons. The Hall–Kier alpha value is -1.69. The first-order valence-corrected chi connectivity index (χ1v) is 7.12. The maximum atomic E-state index is 13.0. The van der Waals surface area contributed by atoms with Crippen molar-refractivity contribution in [3.8, 4) is 5.75 Å². The third kappa shape index (κ3) is 3.38. The number of carboxylic acid groups (broad SMARTS) is 1. The molecule has 1 N–H and O–H groups in total. The lowest BCUT2D eigenvalue weighted by molar-refractivity contribution is -0.187. The highest BCUT2D eigenvalue weighted by atomic mass is 35.5. The fraction of sp³-hybridized carbons (Fsp3) is 0.400. The highest BCUT2D eigenvalue weighted by Gasteiger charge is 2.48. The van der Waals surface area contributed by atoms with Crippen molar-refractivity contribution in [2.45, 2.75) is 38.5 Å². The number of alkyl halides is 3. The molecule has 0 fully saturated rings. The van der Waals surface area contributed by atoms with E-state index < -0.39 is 23.8 Å². The lowest BCUT2D eigenvalue weighted by Gasteiger charge is -2.28. The van der Waals surface area contributed by atoms with Gasteiger partial charge in [0.05, 0.1) is 10.6 Å². The van der Waals surface area contributed by atoms with Crippen molar-refractivity contribution < 1.29 is 27.8 Å². The van der Waals surface area contributed by atoms with Crippen LogP contribution in [0, 0.1) is 0 Å². The van der Waals surface area contributed by atoms with Crippen molar-refractivity contribution in [2.75, 3.05) is 0 Å². The smallest absolute Gasteiger partial charge is 0.430 e. The van der Waals surface area contributed by atoms with Crippen LogP contribution in [0.3, 0.4) is 0 Å². The summed E-state index contributed by atoms with van der Waals surface area (Å²) in [6, 6.07) is 3.18. The Kier molecular flexibility index (Phi) is 4.70. The maximum absolute atomic E-state index is 13.0. The van der Waals surface area contributed by atoms with Crippen molar-refractivity contribution in [3.05, 3.63) is 33.9 Å². The van der Waals surface area contributed by atoms with Gasteiger partial charge in [-0.1, -0.05) is 24.9 Å². The number of ether oxygens (including phenoxy) is 1. The monoisotopic (exact) mass is 334 g/mol. The number of hydrogen-bond donors (Lipinski definition) is 1. The van der Waals surface area contributed by atoms with E-state index in [0.717, 1.165) is 24.5 Å². The minimum Gasteiger partial charge on any atom is -0.478 e. The Balaban J connectivity index is 2.48. The SMILES string of the molecule is CCCCc1cc(Cl)c2c(c1)C=C(C(=O)O)C(C(F)(F)F)O2. The molecule has 0 radical (unpaired) electrons. The molecule has 1 atom stereocenters. The number of hydrogen-bond acceptors (Lipinski definition) is 2. The van der Waals surface area contributed by atoms with Crippen LogP contribution in [0.25, 0.3) is 6.08 Å². The Bertz CT molecular complexity index is 623. The molecule has 1 aliphatic heterocycles. The topological polar surface area (TPSA) is 46.5 Å². The van der Waals surface area contributed by atoms with Crippen LogP contribution in [0.1, 0.15) is 30.9 Å². The van der Waals surface area contributed by atoms with Crippen molar-refractivity contribution in [3.63, 3.8) is 0 Å². The fourth-order valence-corrected chi connectivity index (χ4v) is 2.57. The molecule has 2 rings (SSSR count). The van der Waals surface area contributed by atoms with E-state index in [9.17, 15) is 18.0 Å². The summed E-state index contributed by atoms with van der Waals surface area (Å²) in [6.07, 6.45) is -3.79. The van der Waals surface area contributed by atoms with Crippen LogP contribution < -0.4 is 4.74 Å². The van der Waals surface area contributed by atoms with Gasteiger partial charge in [-0.25, -0.2) is 4.79 Å². The minimum atomic E-state index is -4.83. The van der Waals surface area contributed by atoms with Crippen molar-refractivity contribution in [1.29, 1.82) is 0 Å². The first kappa shape index (κ1) is 16.7. The molecule has 0 aliphatic carbocycles. The zero-order chi connectivity index (χ0) is 16.5. The van der Waals surface area contributed by atoms with Crippen LogP contribution in [0.2, 0.25) is 5.02 Å². The number of aryl methyl sites for hydroxylation is 1. The standard InChI is InChI=1S/C15H14ClF3O3/c1-2-3-4-8-5-9-7-10(14(20)21)13(15(17,18)19)22-12(9)11(16)6-8/h5-7,13H,2-4H2,1H3,(H,20,21). The number of fused-ring (bicyclic) bond motifs is 1. The molecule has 0 spiro atoms. The van der Waals surface area contributed by atoms with Crippen LogP contribution in [-0.4, -0.2) is 23.4 Å². The minimum absolute atomic E-state index is 0.0542. The third-order valence-electron chi connectivity index (χ3n) is 3.32. The second-order valence-corrected chi connectivity index (χ2v) is 5.45. The van der Waals surface area contributed by atoms with Gasteiger partial charge in [-0.05, 0) is 36.6 Å². The number of benzene rings is 1. The summed E-state index contributed by atoms with van der Waals surface area (Å²) in [5.41, 5.74) is 0.251. The van der Waals surface area contributed by atoms with Crippen LogP contribution in [-0.2, 0) is 11.2 Å². The van der Waals surface area contributed by atoms with Crippen molar-refractivity contribution >= 4 is 23.6 Å². The van der Waals surface area contributed by atoms with Gasteiger partial charge in [-0.3, -0.25) is 0 Å². The molecule has 0 saturated carbocycles. The van der Waals surface area contributed by atoms with Crippen molar-refractivity contribution in [2.24, 2.45) is 0 Å². The summed E-state index contributed by atoms with van der Waals surface area (Å²) in [4.78, 5) is 11.1. The summed E-state index contributed by atoms with van der Waals surface area (Å²) in [7, 11) is 0. The molecule has 3 nitrogen and oxygen atoms in total. The summed E-state index contributed by atoms with van der Waals surface area (Å²) in [5, 5.41) is 9.05. The van der Waals surface area contributed by atoms with Gasteiger partial charge in [0, 0.05) is 5.56 Å². The molecule has 22 heavy (non-hydrogen) atoms. The van der Waals surface area contributed by atoms with Gasteiger partial charge in [0.2, 0.25) is 6.10 Å². The molecule has 0 saturated heterocycles. The normalized spacial score (nSPS) is 17.5. The molecule has 0 amide bonds. The van der Waals surface area contributed by atoms with E-state index in [-0.39, 0.29) is 16.3 Å². The first-order valence-electron chi connectivity index (χ1n) is 6.74. The predicted molar refractivity (Wildman–Crippen MR) is 76.1 cm³/mol. The first-order chi connectivity index (χ1) is 10.2. The molecule has 0 aromatic heterocycles. The Morgan fingerprint density at radius 2 is 2.09 bits per heavy atom. The maximum Gasteiger partial charge on any atom is 0.430 e. The van der Waals surface area contributed by atoms with E-state index >= 15 is 0 Å². The van der Waals surface area contributed by atoms with Gasteiger partial charge < -0.3 is 9.84 Å². The van der Waals surface area contributed by atoms with E-state index in [4.69, 9.17) is 21.4 Å². The molecule has 1 aromatic carbocycles. The molecular weight excluding hydrogens is 321 g/mol. The van der Waals surface area contributed by atoms with Gasteiger partial charge in [0.1, 0.15) is 5.75 Å². The van der Waals surface area contributed by atoms with Crippen molar-refractivity contribution in [1.82, 2.24) is 0 Å². The molecule has 1 aromatic rings. The van der Waals surface area contributed by atoms with E-state index in [0.29, 0.717) is 6.42 Å². The van der Waals surface area contributed by atoms with Gasteiger partial charge in [0.25, 0.3) is 0 Å². The lowest BCUT2D eigenvalue weighted by Crippen LogP contribution is -2.40. The molecule has 1 aliphatic rings. The average Bonchev–Trinajstić information content (AvgIpc) is 2.42. The molecule has 7 heteroatoms. The number of rotatable bonds is 4. The zero-order valence-corrected chi connectivity index (χ0v) is 12.5. The molecule has 0 bridgehead atoms. The average molecular weight is 335 g/mol. The van der Waals surface area contributed by atoms with Crippen LogP contribution in [0.15, 0.2) is 17.7 Å². The van der Waals surface area contributed by atoms with E-state index in [2.05, 4.69) is 0 Å². The quantitative estimate of drug-likeness (QED) is 0.883. The zero-order valence-electron chi connectivity index (χ0n) is 11.7. The van der Waals surface area contributed by atoms with Crippen LogP contribution in [0.5, 0.6) is 5.75 Å². The molecule has 1 unspecified atom stereocenters. The van der Waals surface area contributed by atoms with Crippen LogP contribution in [0.4, 0.5) is 13.2 Å². The van der Waals surface area contributed by atoms with E-state index in [1.54, 1.807) is 12.1 Å². The second kappa shape index (κ2) is 6.20. The number of aliphatic carboxylic acids is 1. The van der Waals surface area contributed by atoms with Gasteiger partial charge in [-0.15, -0.1) is 0 Å². The number of carboxylic acids is 1. The largest absolute Gasteiger partial charge is 0.478 e. The van der Waals surface area contributed by atoms with Crippen LogP contribution >= 0.6 is 11.6 Å². The molecule has 1 heterocycles. The lowest BCUT2D eigenvalue weighted by atomic mass is 9.98. The highest BCUT2D eigenvalue weighted by molar-refractivity contribution is 6.32. The Labute approximate surface area is 130 Å². The van der Waals surface area contributed by atoms with Gasteiger partial charge >= 0.3 is 12.1 Å². The molecular formula is C15H14ClF3O3. The fourth-order valence-electron chi connectivity index (χ4n) is 2.27. The summed E-state index contributed by atoms with van der Waals surface area (Å²) >= 11 is 6.00. The van der Waals surface area contributed by atoms with Gasteiger partial charge in [-0.2, -0.15) is 13.2 Å². The number of halogens is 4. The summed E-state index contributed by atoms with van der Waals surface area (Å²) in [5.74, 6) is -1.79. The van der Waals surface area contributed by atoms with E-state index in [1.165, 1.54) is 0 Å². The Morgan fingerprint density at radius 1 is 1.41 bits per heavy atom. The summed E-state index contributed by atoms with van der Waals surface area (Å²) in [6.45, 7) is 2.01. The second-order valence-electron chi connectivity index (χ2n) is 5.04. The predicted octanol–water partition coefficient (Wildman–Crippen LogP) is 4.47. The highest BCUT2D eigenvalue weighted by Crippen LogP contribution is 2.41. The number of unbranched alkanes of at least 4 members (excludes halogenated alkanes) is 1. The van der Waals surface area contributed by atoms with Gasteiger partial charge in [0.15, 0.2) is 0 Å². The van der Waals surface area contributed by atoms with E-state index in [1.807, 2.05) is 6.92 Å². The number of carbonyl (C=O) groups is 1. The third-order valence-corrected chi connectivity index (χ3v) is 3.61.